The monoisotopic (exact) mass is 136 g/mol. The van der Waals surface area contributed by atoms with Crippen LogP contribution in [0.3, 0.4) is 0 Å². The Balaban J connectivity index is 2.67. The van der Waals surface area contributed by atoms with Gasteiger partial charge < -0.3 is 0 Å². The molecule has 0 aromatic carbocycles. The van der Waals surface area contributed by atoms with Crippen LogP contribution in [0.5, 0.6) is 0 Å². The molecule has 0 nitrogen and oxygen atoms in total. The van der Waals surface area contributed by atoms with Crippen molar-refractivity contribution in [2.24, 2.45) is 11.3 Å². The van der Waals surface area contributed by atoms with Crippen molar-refractivity contribution in [3.8, 4) is 0 Å². The topological polar surface area (TPSA) is 0 Å². The summed E-state index contributed by atoms with van der Waals surface area (Å²) in [6.07, 6.45) is 9.09. The standard InChI is InChI=1S/C10H16/c1-4-10(3)7-5-6-9(2)8-10/h4-6,9H,1,7-8H2,2-3H3. The highest BCUT2D eigenvalue weighted by Gasteiger charge is 2.23. The Morgan fingerprint density at radius 3 is 2.80 bits per heavy atom. The Labute approximate surface area is 63.6 Å². The third-order valence-corrected chi connectivity index (χ3v) is 2.33. The van der Waals surface area contributed by atoms with Crippen LogP contribution < -0.4 is 0 Å². The SMILES string of the molecule is C=CC1(C)CC=CC(C)C1. The zero-order valence-electron chi connectivity index (χ0n) is 6.93. The molecule has 1 aliphatic rings. The minimum absolute atomic E-state index is 0.369. The fraction of sp³-hybridized carbons (Fsp3) is 0.600. The molecule has 2 atom stereocenters. The van der Waals surface area contributed by atoms with E-state index in [2.05, 4.69) is 38.7 Å². The molecule has 0 fully saturated rings. The van der Waals surface area contributed by atoms with Crippen molar-refractivity contribution in [2.75, 3.05) is 0 Å². The smallest absolute Gasteiger partial charge is 0.0109 e. The predicted octanol–water partition coefficient (Wildman–Crippen LogP) is 3.16. The van der Waals surface area contributed by atoms with E-state index >= 15 is 0 Å². The van der Waals surface area contributed by atoms with Gasteiger partial charge in [-0.05, 0) is 24.2 Å². The summed E-state index contributed by atoms with van der Waals surface area (Å²) >= 11 is 0. The van der Waals surface area contributed by atoms with Crippen molar-refractivity contribution >= 4 is 0 Å². The third kappa shape index (κ3) is 1.50. The lowest BCUT2D eigenvalue weighted by atomic mass is 9.75. The highest BCUT2D eigenvalue weighted by molar-refractivity contribution is 5.05. The molecule has 0 radical (unpaired) electrons. The van der Waals surface area contributed by atoms with Gasteiger partial charge in [0, 0.05) is 0 Å². The zero-order valence-corrected chi connectivity index (χ0v) is 6.93. The van der Waals surface area contributed by atoms with Gasteiger partial charge in [0.1, 0.15) is 0 Å². The van der Waals surface area contributed by atoms with Crippen molar-refractivity contribution in [1.29, 1.82) is 0 Å². The van der Waals surface area contributed by atoms with E-state index in [1.807, 2.05) is 0 Å². The van der Waals surface area contributed by atoms with Crippen LogP contribution >= 0.6 is 0 Å². The van der Waals surface area contributed by atoms with Gasteiger partial charge in [0.15, 0.2) is 0 Å². The van der Waals surface area contributed by atoms with Crippen molar-refractivity contribution in [3.63, 3.8) is 0 Å². The summed E-state index contributed by atoms with van der Waals surface area (Å²) in [4.78, 5) is 0. The fourth-order valence-corrected chi connectivity index (χ4v) is 1.62. The Hall–Kier alpha value is -0.520. The van der Waals surface area contributed by atoms with Gasteiger partial charge in [-0.2, -0.15) is 0 Å². The van der Waals surface area contributed by atoms with Crippen molar-refractivity contribution < 1.29 is 0 Å². The molecule has 0 N–H and O–H groups in total. The molecule has 0 aromatic heterocycles. The maximum atomic E-state index is 3.86. The molecule has 56 valence electrons. The molecule has 0 amide bonds. The molecule has 0 bridgehead atoms. The first kappa shape index (κ1) is 7.59. The summed E-state index contributed by atoms with van der Waals surface area (Å²) in [7, 11) is 0. The minimum atomic E-state index is 0.369. The van der Waals surface area contributed by atoms with Crippen LogP contribution in [0.1, 0.15) is 26.7 Å². The first-order chi connectivity index (χ1) is 4.66. The lowest BCUT2D eigenvalue weighted by Crippen LogP contribution is -2.18. The number of hydrogen-bond donors (Lipinski definition) is 0. The molecule has 1 aliphatic carbocycles. The Bertz CT molecular complexity index is 155. The number of allylic oxidation sites excluding steroid dienone is 3. The van der Waals surface area contributed by atoms with Gasteiger partial charge in [-0.3, -0.25) is 0 Å². The second-order valence-corrected chi connectivity index (χ2v) is 3.67. The molecule has 0 heteroatoms. The van der Waals surface area contributed by atoms with E-state index in [0.717, 1.165) is 5.92 Å². The zero-order chi connectivity index (χ0) is 7.61. The van der Waals surface area contributed by atoms with Crippen LogP contribution in [0.2, 0.25) is 0 Å². The van der Waals surface area contributed by atoms with E-state index in [-0.39, 0.29) is 0 Å². The Morgan fingerprint density at radius 1 is 1.70 bits per heavy atom. The van der Waals surface area contributed by atoms with Crippen molar-refractivity contribution in [3.05, 3.63) is 24.8 Å². The normalized spacial score (nSPS) is 39.6. The summed E-state index contributed by atoms with van der Waals surface area (Å²) in [6, 6.07) is 0. The molecule has 0 spiro atoms. The van der Waals surface area contributed by atoms with Crippen molar-refractivity contribution in [2.45, 2.75) is 26.7 Å². The summed E-state index contributed by atoms with van der Waals surface area (Å²) in [5.74, 6) is 0.733. The lowest BCUT2D eigenvalue weighted by molar-refractivity contribution is 0.337. The summed E-state index contributed by atoms with van der Waals surface area (Å²) in [5.41, 5.74) is 0.369. The highest BCUT2D eigenvalue weighted by atomic mass is 14.3. The highest BCUT2D eigenvalue weighted by Crippen LogP contribution is 2.35. The van der Waals surface area contributed by atoms with Crippen LogP contribution in [0, 0.1) is 11.3 Å². The average molecular weight is 136 g/mol. The van der Waals surface area contributed by atoms with Crippen LogP contribution in [0.4, 0.5) is 0 Å². The van der Waals surface area contributed by atoms with Gasteiger partial charge in [0.05, 0.1) is 0 Å². The molecule has 0 aliphatic heterocycles. The maximum Gasteiger partial charge on any atom is -0.0109 e. The molecule has 10 heavy (non-hydrogen) atoms. The van der Waals surface area contributed by atoms with Crippen LogP contribution in [-0.4, -0.2) is 0 Å². The van der Waals surface area contributed by atoms with Gasteiger partial charge in [-0.25, -0.2) is 0 Å². The Morgan fingerprint density at radius 2 is 2.40 bits per heavy atom. The average Bonchev–Trinajstić information content (AvgIpc) is 1.88. The first-order valence-electron chi connectivity index (χ1n) is 3.96. The quantitative estimate of drug-likeness (QED) is 0.486. The van der Waals surface area contributed by atoms with E-state index in [1.165, 1.54) is 12.8 Å². The molecule has 1 rings (SSSR count). The fourth-order valence-electron chi connectivity index (χ4n) is 1.62. The van der Waals surface area contributed by atoms with Gasteiger partial charge >= 0.3 is 0 Å². The van der Waals surface area contributed by atoms with Crippen LogP contribution in [-0.2, 0) is 0 Å². The lowest BCUT2D eigenvalue weighted by Gasteiger charge is -2.30. The van der Waals surface area contributed by atoms with Gasteiger partial charge in [0.2, 0.25) is 0 Å². The van der Waals surface area contributed by atoms with Gasteiger partial charge in [-0.1, -0.05) is 32.1 Å². The van der Waals surface area contributed by atoms with Gasteiger partial charge in [-0.15, -0.1) is 6.58 Å². The molecule has 0 heterocycles. The maximum absolute atomic E-state index is 3.86. The van der Waals surface area contributed by atoms with E-state index in [9.17, 15) is 0 Å². The summed E-state index contributed by atoms with van der Waals surface area (Å²) in [5, 5.41) is 0. The molecular formula is C10H16. The molecule has 0 saturated heterocycles. The second kappa shape index (κ2) is 2.61. The largest absolute Gasteiger partial charge is 0.103 e. The van der Waals surface area contributed by atoms with Crippen LogP contribution in [0.15, 0.2) is 24.8 Å². The molecule has 0 aromatic rings. The predicted molar refractivity (Wildman–Crippen MR) is 45.8 cm³/mol. The van der Waals surface area contributed by atoms with E-state index < -0.39 is 0 Å². The van der Waals surface area contributed by atoms with E-state index in [1.54, 1.807) is 0 Å². The van der Waals surface area contributed by atoms with Gasteiger partial charge in [0.25, 0.3) is 0 Å². The van der Waals surface area contributed by atoms with E-state index in [0.29, 0.717) is 5.41 Å². The molecule has 0 saturated carbocycles. The summed E-state index contributed by atoms with van der Waals surface area (Å²) in [6.45, 7) is 8.40. The molecular weight excluding hydrogens is 120 g/mol. The Kier molecular flexibility index (Phi) is 1.98. The van der Waals surface area contributed by atoms with E-state index in [4.69, 9.17) is 0 Å². The summed E-state index contributed by atoms with van der Waals surface area (Å²) < 4.78 is 0. The molecule has 2 unspecified atom stereocenters. The number of hydrogen-bond acceptors (Lipinski definition) is 0. The second-order valence-electron chi connectivity index (χ2n) is 3.67. The first-order valence-corrected chi connectivity index (χ1v) is 3.96. The third-order valence-electron chi connectivity index (χ3n) is 2.33. The number of rotatable bonds is 1. The van der Waals surface area contributed by atoms with Crippen LogP contribution in [0.25, 0.3) is 0 Å². The van der Waals surface area contributed by atoms with Crippen molar-refractivity contribution in [1.82, 2.24) is 0 Å². The minimum Gasteiger partial charge on any atom is -0.103 e.